The third-order valence-electron chi connectivity index (χ3n) is 5.79. The Bertz CT molecular complexity index is 929. The molecule has 1 aromatic heterocycles. The van der Waals surface area contributed by atoms with Crippen molar-refractivity contribution in [3.05, 3.63) is 39.8 Å². The van der Waals surface area contributed by atoms with Crippen molar-refractivity contribution in [2.45, 2.75) is 57.4 Å². The van der Waals surface area contributed by atoms with Gasteiger partial charge in [-0.05, 0) is 56.7 Å². The minimum atomic E-state index is -0.387. The average Bonchev–Trinajstić information content (AvgIpc) is 3.44. The summed E-state index contributed by atoms with van der Waals surface area (Å²) < 4.78 is 10.8. The Kier molecular flexibility index (Phi) is 6.22. The maximum Gasteiger partial charge on any atom is 0.231 e. The number of nitrogens with zero attached hydrogens (tertiary/aromatic N) is 1. The molecule has 8 heteroatoms. The molecule has 2 aromatic rings. The normalized spacial score (nSPS) is 19.7. The number of hydrogen-bond acceptors (Lipinski definition) is 6. The van der Waals surface area contributed by atoms with E-state index in [1.807, 2.05) is 30.6 Å². The Morgan fingerprint density at radius 1 is 1.33 bits per heavy atom. The molecule has 0 bridgehead atoms. The fourth-order valence-corrected chi connectivity index (χ4v) is 4.93. The minimum Gasteiger partial charge on any atom is -0.454 e. The number of carbonyl (C=O) groups is 2. The van der Waals surface area contributed by atoms with Crippen LogP contribution in [0.2, 0.25) is 0 Å². The Morgan fingerprint density at radius 2 is 2.20 bits per heavy atom. The van der Waals surface area contributed by atoms with E-state index in [2.05, 4.69) is 15.6 Å². The minimum absolute atomic E-state index is 0.0298. The molecule has 2 N–H and O–H groups in total. The third kappa shape index (κ3) is 4.92. The smallest absolute Gasteiger partial charge is 0.231 e. The molecule has 2 aliphatic heterocycles. The second-order valence-corrected chi connectivity index (χ2v) is 8.95. The molecule has 0 unspecified atom stereocenters. The van der Waals surface area contributed by atoms with Crippen molar-refractivity contribution >= 4 is 23.2 Å². The molecular formula is C22H27N3O4S. The van der Waals surface area contributed by atoms with Gasteiger partial charge in [-0.25, -0.2) is 4.98 Å². The topological polar surface area (TPSA) is 89.6 Å². The molecule has 2 aliphatic rings. The molecule has 1 fully saturated rings. The molecule has 0 spiro atoms. The highest BCUT2D eigenvalue weighted by molar-refractivity contribution is 7.09. The van der Waals surface area contributed by atoms with Crippen LogP contribution in [0.5, 0.6) is 11.5 Å². The van der Waals surface area contributed by atoms with E-state index in [4.69, 9.17) is 9.47 Å². The SMILES string of the molecule is Cc1ncsc1CCCNC(=O)CC[C@@]1(Cc2ccc3c(c2)OCO3)CCC(=O)N1. The fourth-order valence-electron chi connectivity index (χ4n) is 4.11. The van der Waals surface area contributed by atoms with Crippen molar-refractivity contribution in [3.63, 3.8) is 0 Å². The van der Waals surface area contributed by atoms with Crippen LogP contribution in [-0.4, -0.2) is 35.7 Å². The van der Waals surface area contributed by atoms with Crippen LogP contribution >= 0.6 is 11.3 Å². The van der Waals surface area contributed by atoms with Gasteiger partial charge in [-0.1, -0.05) is 6.07 Å². The monoisotopic (exact) mass is 429 g/mol. The van der Waals surface area contributed by atoms with Crippen molar-refractivity contribution in [2.24, 2.45) is 0 Å². The first-order chi connectivity index (χ1) is 14.5. The Morgan fingerprint density at radius 3 is 2.97 bits per heavy atom. The molecule has 0 radical (unpaired) electrons. The van der Waals surface area contributed by atoms with Gasteiger partial charge in [0.05, 0.1) is 11.2 Å². The van der Waals surface area contributed by atoms with Gasteiger partial charge in [0, 0.05) is 29.8 Å². The molecule has 2 amide bonds. The van der Waals surface area contributed by atoms with Crippen LogP contribution < -0.4 is 20.1 Å². The first-order valence-electron chi connectivity index (χ1n) is 10.4. The van der Waals surface area contributed by atoms with Gasteiger partial charge in [-0.3, -0.25) is 9.59 Å². The predicted molar refractivity (Wildman–Crippen MR) is 114 cm³/mol. The van der Waals surface area contributed by atoms with Gasteiger partial charge in [-0.15, -0.1) is 11.3 Å². The van der Waals surface area contributed by atoms with Crippen molar-refractivity contribution in [1.29, 1.82) is 0 Å². The highest BCUT2D eigenvalue weighted by Crippen LogP contribution is 2.35. The average molecular weight is 430 g/mol. The zero-order valence-corrected chi connectivity index (χ0v) is 18.0. The number of amides is 2. The number of hydrogen-bond donors (Lipinski definition) is 2. The summed E-state index contributed by atoms with van der Waals surface area (Å²) in [7, 11) is 0. The molecule has 1 atom stereocenters. The van der Waals surface area contributed by atoms with Crippen LogP contribution in [0.15, 0.2) is 23.7 Å². The summed E-state index contributed by atoms with van der Waals surface area (Å²) >= 11 is 1.66. The van der Waals surface area contributed by atoms with E-state index in [1.165, 1.54) is 4.88 Å². The predicted octanol–water partition coefficient (Wildman–Crippen LogP) is 2.90. The molecule has 0 saturated carbocycles. The van der Waals surface area contributed by atoms with Crippen LogP contribution in [0.4, 0.5) is 0 Å². The molecule has 30 heavy (non-hydrogen) atoms. The highest BCUT2D eigenvalue weighted by Gasteiger charge is 2.38. The summed E-state index contributed by atoms with van der Waals surface area (Å²) in [6.45, 7) is 2.90. The first kappa shape index (κ1) is 20.7. The van der Waals surface area contributed by atoms with E-state index in [-0.39, 0.29) is 24.1 Å². The number of nitrogens with one attached hydrogen (secondary N) is 2. The lowest BCUT2D eigenvalue weighted by Crippen LogP contribution is -2.44. The van der Waals surface area contributed by atoms with Gasteiger partial charge in [0.1, 0.15) is 0 Å². The van der Waals surface area contributed by atoms with E-state index < -0.39 is 0 Å². The quantitative estimate of drug-likeness (QED) is 0.599. The van der Waals surface area contributed by atoms with Crippen molar-refractivity contribution in [1.82, 2.24) is 15.6 Å². The lowest BCUT2D eigenvalue weighted by molar-refractivity contribution is -0.122. The number of thiazole rings is 1. The maximum atomic E-state index is 12.4. The second-order valence-electron chi connectivity index (χ2n) is 8.01. The zero-order chi connectivity index (χ0) is 21.0. The molecule has 1 aromatic carbocycles. The fraction of sp³-hybridized carbons (Fsp3) is 0.500. The standard InChI is InChI=1S/C22H27N3O4S/c1-15-19(30-13-24-15)3-2-10-23-20(26)6-8-22(9-7-21(27)25-22)12-16-4-5-17-18(11-16)29-14-28-17/h4-5,11,13H,2-3,6-10,12,14H2,1H3,(H,23,26)(H,25,27)/t22-/m0/s1. The summed E-state index contributed by atoms with van der Waals surface area (Å²) in [6, 6.07) is 5.87. The number of carbonyl (C=O) groups excluding carboxylic acids is 2. The highest BCUT2D eigenvalue weighted by atomic mass is 32.1. The molecular weight excluding hydrogens is 402 g/mol. The molecule has 7 nitrogen and oxygen atoms in total. The van der Waals surface area contributed by atoms with Gasteiger partial charge in [0.15, 0.2) is 11.5 Å². The number of aryl methyl sites for hydroxylation is 2. The van der Waals surface area contributed by atoms with Gasteiger partial charge in [0.25, 0.3) is 0 Å². The van der Waals surface area contributed by atoms with Crippen molar-refractivity contribution < 1.29 is 19.1 Å². The van der Waals surface area contributed by atoms with Crippen LogP contribution in [0.3, 0.4) is 0 Å². The Labute approximate surface area is 180 Å². The summed E-state index contributed by atoms with van der Waals surface area (Å²) in [6.07, 6.45) is 4.75. The number of ether oxygens (including phenoxy) is 2. The summed E-state index contributed by atoms with van der Waals surface area (Å²) in [5.74, 6) is 1.57. The number of fused-ring (bicyclic) bond motifs is 1. The van der Waals surface area contributed by atoms with Gasteiger partial charge < -0.3 is 20.1 Å². The van der Waals surface area contributed by atoms with Gasteiger partial charge in [0.2, 0.25) is 18.6 Å². The number of rotatable bonds is 9. The summed E-state index contributed by atoms with van der Waals surface area (Å²) in [5.41, 5.74) is 3.62. The number of aromatic nitrogens is 1. The second kappa shape index (κ2) is 9.04. The van der Waals surface area contributed by atoms with E-state index in [1.54, 1.807) is 11.3 Å². The molecule has 3 heterocycles. The van der Waals surface area contributed by atoms with E-state index in [0.29, 0.717) is 32.2 Å². The number of benzene rings is 1. The van der Waals surface area contributed by atoms with Gasteiger partial charge >= 0.3 is 0 Å². The van der Waals surface area contributed by atoms with E-state index in [0.717, 1.165) is 42.0 Å². The van der Waals surface area contributed by atoms with E-state index >= 15 is 0 Å². The van der Waals surface area contributed by atoms with Gasteiger partial charge in [-0.2, -0.15) is 0 Å². The van der Waals surface area contributed by atoms with Crippen molar-refractivity contribution in [2.75, 3.05) is 13.3 Å². The lowest BCUT2D eigenvalue weighted by atomic mass is 9.85. The maximum absolute atomic E-state index is 12.4. The zero-order valence-electron chi connectivity index (χ0n) is 17.2. The largest absolute Gasteiger partial charge is 0.454 e. The molecule has 160 valence electrons. The van der Waals surface area contributed by atoms with Crippen LogP contribution in [0, 0.1) is 6.92 Å². The first-order valence-corrected chi connectivity index (χ1v) is 11.3. The van der Waals surface area contributed by atoms with Crippen LogP contribution in [0.1, 0.15) is 48.2 Å². The summed E-state index contributed by atoms with van der Waals surface area (Å²) in [5, 5.41) is 6.15. The molecule has 0 aliphatic carbocycles. The molecule has 1 saturated heterocycles. The lowest BCUT2D eigenvalue weighted by Gasteiger charge is -2.29. The Hall–Kier alpha value is -2.61. The third-order valence-corrected chi connectivity index (χ3v) is 6.79. The van der Waals surface area contributed by atoms with Crippen LogP contribution in [-0.2, 0) is 22.4 Å². The van der Waals surface area contributed by atoms with E-state index in [9.17, 15) is 9.59 Å². The Balaban J connectivity index is 1.28. The van der Waals surface area contributed by atoms with Crippen molar-refractivity contribution in [3.8, 4) is 11.5 Å². The summed E-state index contributed by atoms with van der Waals surface area (Å²) in [4.78, 5) is 29.9. The molecule has 4 rings (SSSR count). The van der Waals surface area contributed by atoms with Crippen LogP contribution in [0.25, 0.3) is 0 Å².